The fraction of sp³-hybridized carbons (Fsp3) is 0.179. The summed E-state index contributed by atoms with van der Waals surface area (Å²) in [5.74, 6) is -0.713. The summed E-state index contributed by atoms with van der Waals surface area (Å²) in [6, 6.07) is 20.3. The van der Waals surface area contributed by atoms with Crippen LogP contribution in [0, 0.1) is 0 Å². The van der Waals surface area contributed by atoms with E-state index < -0.39 is 17.6 Å². The summed E-state index contributed by atoms with van der Waals surface area (Å²) in [4.78, 5) is 32.3. The SMILES string of the molecule is O=C(CN(C(=O)c1ccccc1Cl)C1CC1)Nc1nc(-c2ccccc2)cn1-c1ccc(C(F)(F)F)cc1. The lowest BCUT2D eigenvalue weighted by Crippen LogP contribution is -2.40. The Morgan fingerprint density at radius 3 is 2.26 bits per heavy atom. The van der Waals surface area contributed by atoms with Crippen LogP contribution in [0.4, 0.5) is 19.1 Å². The summed E-state index contributed by atoms with van der Waals surface area (Å²) < 4.78 is 40.8. The van der Waals surface area contributed by atoms with E-state index in [0.29, 0.717) is 22.0 Å². The van der Waals surface area contributed by atoms with Crippen LogP contribution in [-0.2, 0) is 11.0 Å². The molecule has 3 aromatic carbocycles. The van der Waals surface area contributed by atoms with Crippen molar-refractivity contribution in [2.24, 2.45) is 0 Å². The van der Waals surface area contributed by atoms with E-state index in [1.807, 2.05) is 30.3 Å². The first-order valence-electron chi connectivity index (χ1n) is 11.9. The second-order valence-electron chi connectivity index (χ2n) is 8.92. The van der Waals surface area contributed by atoms with Gasteiger partial charge >= 0.3 is 6.18 Å². The minimum Gasteiger partial charge on any atom is -0.326 e. The van der Waals surface area contributed by atoms with Crippen molar-refractivity contribution in [3.8, 4) is 16.9 Å². The van der Waals surface area contributed by atoms with Crippen LogP contribution in [0.1, 0.15) is 28.8 Å². The Morgan fingerprint density at radius 2 is 1.63 bits per heavy atom. The van der Waals surface area contributed by atoms with Crippen molar-refractivity contribution >= 4 is 29.4 Å². The van der Waals surface area contributed by atoms with Gasteiger partial charge in [0.05, 0.1) is 21.8 Å². The number of halogens is 4. The van der Waals surface area contributed by atoms with Crippen LogP contribution in [0.3, 0.4) is 0 Å². The smallest absolute Gasteiger partial charge is 0.326 e. The average Bonchev–Trinajstić information content (AvgIpc) is 3.67. The molecule has 0 bridgehead atoms. The van der Waals surface area contributed by atoms with Gasteiger partial charge in [-0.15, -0.1) is 0 Å². The largest absolute Gasteiger partial charge is 0.416 e. The molecule has 0 aliphatic heterocycles. The zero-order chi connectivity index (χ0) is 26.9. The molecule has 38 heavy (non-hydrogen) atoms. The molecule has 0 atom stereocenters. The van der Waals surface area contributed by atoms with Crippen molar-refractivity contribution < 1.29 is 22.8 Å². The van der Waals surface area contributed by atoms with Crippen molar-refractivity contribution in [2.75, 3.05) is 11.9 Å². The Hall–Kier alpha value is -4.11. The molecule has 1 N–H and O–H groups in total. The van der Waals surface area contributed by atoms with Crippen LogP contribution in [0.5, 0.6) is 0 Å². The first-order valence-corrected chi connectivity index (χ1v) is 12.3. The fourth-order valence-corrected chi connectivity index (χ4v) is 4.30. The number of hydrogen-bond acceptors (Lipinski definition) is 3. The van der Waals surface area contributed by atoms with Crippen molar-refractivity contribution in [3.63, 3.8) is 0 Å². The Balaban J connectivity index is 1.43. The molecule has 1 aliphatic rings. The second-order valence-corrected chi connectivity index (χ2v) is 9.33. The Labute approximate surface area is 221 Å². The number of amides is 2. The lowest BCUT2D eigenvalue weighted by Gasteiger charge is -2.22. The first-order chi connectivity index (χ1) is 18.2. The first kappa shape index (κ1) is 25.5. The van der Waals surface area contributed by atoms with Gasteiger partial charge in [-0.3, -0.25) is 19.5 Å². The normalized spacial score (nSPS) is 13.3. The zero-order valence-electron chi connectivity index (χ0n) is 20.0. The number of aromatic nitrogens is 2. The average molecular weight is 539 g/mol. The van der Waals surface area contributed by atoms with Crippen LogP contribution >= 0.6 is 11.6 Å². The summed E-state index contributed by atoms with van der Waals surface area (Å²) in [5.41, 5.74) is 1.20. The zero-order valence-corrected chi connectivity index (χ0v) is 20.7. The fourth-order valence-electron chi connectivity index (χ4n) is 4.09. The number of carbonyl (C=O) groups is 2. The van der Waals surface area contributed by atoms with Crippen LogP contribution in [0.25, 0.3) is 16.9 Å². The molecule has 10 heteroatoms. The van der Waals surface area contributed by atoms with Crippen molar-refractivity contribution in [1.29, 1.82) is 0 Å². The molecule has 194 valence electrons. The Kier molecular flexibility index (Phi) is 6.94. The summed E-state index contributed by atoms with van der Waals surface area (Å²) in [6.45, 7) is -0.227. The predicted molar refractivity (Wildman–Crippen MR) is 138 cm³/mol. The molecule has 0 radical (unpaired) electrons. The van der Waals surface area contributed by atoms with Gasteiger partial charge in [0.1, 0.15) is 6.54 Å². The van der Waals surface area contributed by atoms with Gasteiger partial charge in [-0.2, -0.15) is 13.2 Å². The van der Waals surface area contributed by atoms with Crippen LogP contribution < -0.4 is 5.32 Å². The van der Waals surface area contributed by atoms with E-state index in [2.05, 4.69) is 10.3 Å². The third-order valence-electron chi connectivity index (χ3n) is 6.17. The lowest BCUT2D eigenvalue weighted by atomic mass is 10.2. The van der Waals surface area contributed by atoms with Crippen molar-refractivity contribution in [3.05, 3.63) is 101 Å². The number of rotatable bonds is 7. The molecule has 6 nitrogen and oxygen atoms in total. The maximum Gasteiger partial charge on any atom is 0.416 e. The van der Waals surface area contributed by atoms with Gasteiger partial charge in [0.2, 0.25) is 11.9 Å². The topological polar surface area (TPSA) is 67.2 Å². The molecule has 2 amide bonds. The minimum absolute atomic E-state index is 0.0703. The maximum absolute atomic E-state index is 13.2. The van der Waals surface area contributed by atoms with Gasteiger partial charge in [0.15, 0.2) is 0 Å². The van der Waals surface area contributed by atoms with Gasteiger partial charge in [0, 0.05) is 23.5 Å². The standard InChI is InChI=1S/C28H22ClF3N4O2/c29-23-9-5-4-8-22(23)26(38)35(20-14-15-20)17-25(37)34-27-33-24(18-6-2-1-3-7-18)16-36(27)21-12-10-19(11-13-21)28(30,31)32/h1-13,16,20H,14-15,17H2,(H,33,34,37). The molecule has 1 fully saturated rings. The van der Waals surface area contributed by atoms with Gasteiger partial charge in [-0.1, -0.05) is 54.1 Å². The molecule has 1 saturated carbocycles. The summed E-state index contributed by atoms with van der Waals surface area (Å²) in [5, 5.41) is 3.04. The number of anilines is 1. The Morgan fingerprint density at radius 1 is 0.974 bits per heavy atom. The Bertz CT molecular complexity index is 1470. The molecule has 0 saturated heterocycles. The molecule has 4 aromatic rings. The van der Waals surface area contributed by atoms with E-state index in [9.17, 15) is 22.8 Å². The highest BCUT2D eigenvalue weighted by molar-refractivity contribution is 6.33. The van der Waals surface area contributed by atoms with Crippen LogP contribution in [-0.4, -0.2) is 38.9 Å². The monoisotopic (exact) mass is 538 g/mol. The van der Waals surface area contributed by atoms with E-state index in [-0.39, 0.29) is 24.4 Å². The third-order valence-corrected chi connectivity index (χ3v) is 6.50. The third kappa shape index (κ3) is 5.57. The number of carbonyl (C=O) groups excluding carboxylic acids is 2. The minimum atomic E-state index is -4.47. The summed E-state index contributed by atoms with van der Waals surface area (Å²) >= 11 is 6.21. The number of nitrogens with one attached hydrogen (secondary N) is 1. The number of nitrogens with zero attached hydrogens (tertiary/aromatic N) is 3. The van der Waals surface area contributed by atoms with E-state index in [0.717, 1.165) is 30.5 Å². The van der Waals surface area contributed by atoms with Crippen LogP contribution in [0.2, 0.25) is 5.02 Å². The van der Waals surface area contributed by atoms with Gasteiger partial charge < -0.3 is 4.90 Å². The molecule has 1 aliphatic carbocycles. The van der Waals surface area contributed by atoms with Crippen molar-refractivity contribution in [2.45, 2.75) is 25.1 Å². The predicted octanol–water partition coefficient (Wildman–Crippen LogP) is 6.45. The molecular formula is C28H22ClF3N4O2. The van der Waals surface area contributed by atoms with E-state index in [1.165, 1.54) is 21.6 Å². The number of imidazole rings is 1. The molecule has 1 heterocycles. The second kappa shape index (κ2) is 10.3. The maximum atomic E-state index is 13.2. The highest BCUT2D eigenvalue weighted by atomic mass is 35.5. The molecule has 0 spiro atoms. The highest BCUT2D eigenvalue weighted by Crippen LogP contribution is 2.32. The summed E-state index contributed by atoms with van der Waals surface area (Å²) in [7, 11) is 0. The number of alkyl halides is 3. The van der Waals surface area contributed by atoms with Crippen molar-refractivity contribution in [1.82, 2.24) is 14.5 Å². The van der Waals surface area contributed by atoms with Crippen LogP contribution in [0.15, 0.2) is 85.1 Å². The van der Waals surface area contributed by atoms with E-state index in [1.54, 1.807) is 30.5 Å². The quantitative estimate of drug-likeness (QED) is 0.294. The van der Waals surface area contributed by atoms with Gasteiger partial charge in [0.25, 0.3) is 5.91 Å². The van der Waals surface area contributed by atoms with E-state index >= 15 is 0 Å². The molecule has 0 unspecified atom stereocenters. The number of benzene rings is 3. The molecule has 5 rings (SSSR count). The van der Waals surface area contributed by atoms with Gasteiger partial charge in [-0.05, 0) is 49.2 Å². The number of hydrogen-bond donors (Lipinski definition) is 1. The van der Waals surface area contributed by atoms with Gasteiger partial charge in [-0.25, -0.2) is 4.98 Å². The van der Waals surface area contributed by atoms with E-state index in [4.69, 9.17) is 11.6 Å². The molecule has 1 aromatic heterocycles. The summed E-state index contributed by atoms with van der Waals surface area (Å²) in [6.07, 6.45) is -1.27. The highest BCUT2D eigenvalue weighted by Gasteiger charge is 2.35. The lowest BCUT2D eigenvalue weighted by molar-refractivity contribution is -0.137. The molecular weight excluding hydrogens is 517 g/mol.